The molecule has 4 heteroatoms. The minimum atomic E-state index is -0.419. The summed E-state index contributed by atoms with van der Waals surface area (Å²) >= 11 is 0. The van der Waals surface area contributed by atoms with Crippen LogP contribution in [0, 0.1) is 5.92 Å². The highest BCUT2D eigenvalue weighted by atomic mass is 16.6. The number of rotatable bonds is 4. The van der Waals surface area contributed by atoms with Gasteiger partial charge in [0.15, 0.2) is 0 Å². The van der Waals surface area contributed by atoms with E-state index in [9.17, 15) is 4.79 Å². The number of hydrogen-bond donors (Lipinski definition) is 2. The van der Waals surface area contributed by atoms with E-state index < -0.39 is 5.60 Å². The Hall–Kier alpha value is -0.770. The molecule has 0 aromatic heterocycles. The zero-order valence-corrected chi connectivity index (χ0v) is 11.5. The van der Waals surface area contributed by atoms with Gasteiger partial charge in [0.2, 0.25) is 0 Å². The predicted octanol–water partition coefficient (Wildman–Crippen LogP) is 2.29. The molecule has 0 aliphatic heterocycles. The Labute approximate surface area is 104 Å². The minimum absolute atomic E-state index is 0.334. The van der Waals surface area contributed by atoms with Crippen LogP contribution < -0.4 is 10.6 Å². The average molecular weight is 242 g/mol. The average Bonchev–Trinajstić information content (AvgIpc) is 2.56. The van der Waals surface area contributed by atoms with E-state index in [4.69, 9.17) is 4.74 Å². The minimum Gasteiger partial charge on any atom is -0.444 e. The van der Waals surface area contributed by atoms with E-state index in [1.54, 1.807) is 0 Å². The lowest BCUT2D eigenvalue weighted by atomic mass is 10.1. The van der Waals surface area contributed by atoms with Gasteiger partial charge in [0.1, 0.15) is 5.60 Å². The van der Waals surface area contributed by atoms with Crippen molar-refractivity contribution in [2.24, 2.45) is 5.92 Å². The summed E-state index contributed by atoms with van der Waals surface area (Å²) < 4.78 is 5.15. The van der Waals surface area contributed by atoms with Crippen molar-refractivity contribution in [1.29, 1.82) is 0 Å². The maximum Gasteiger partial charge on any atom is 0.407 e. The summed E-state index contributed by atoms with van der Waals surface area (Å²) in [6, 6.07) is 0.621. The Morgan fingerprint density at radius 2 is 2.00 bits per heavy atom. The van der Waals surface area contributed by atoms with Crippen LogP contribution in [-0.2, 0) is 4.74 Å². The third-order valence-electron chi connectivity index (χ3n) is 3.06. The van der Waals surface area contributed by atoms with Crippen molar-refractivity contribution in [2.45, 2.75) is 58.6 Å². The van der Waals surface area contributed by atoms with Crippen molar-refractivity contribution >= 4 is 6.09 Å². The standard InChI is InChI=1S/C13H26N2O2/c1-10-6-5-7-11(10)14-8-9-15-12(16)17-13(2,3)4/h10-11,14H,5-9H2,1-4H3,(H,15,16). The molecule has 0 saturated heterocycles. The highest BCUT2D eigenvalue weighted by Gasteiger charge is 2.22. The second-order valence-corrected chi connectivity index (χ2v) is 5.90. The molecule has 2 atom stereocenters. The molecule has 0 spiro atoms. The molecule has 0 radical (unpaired) electrons. The van der Waals surface area contributed by atoms with Crippen molar-refractivity contribution in [3.63, 3.8) is 0 Å². The molecule has 1 saturated carbocycles. The van der Waals surface area contributed by atoms with Crippen molar-refractivity contribution in [3.05, 3.63) is 0 Å². The molecule has 2 unspecified atom stereocenters. The van der Waals surface area contributed by atoms with E-state index in [1.165, 1.54) is 19.3 Å². The Balaban J connectivity index is 2.06. The molecule has 1 amide bonds. The van der Waals surface area contributed by atoms with Gasteiger partial charge in [-0.2, -0.15) is 0 Å². The SMILES string of the molecule is CC1CCCC1NCCNC(=O)OC(C)(C)C. The van der Waals surface area contributed by atoms with Crippen LogP contribution in [0.25, 0.3) is 0 Å². The summed E-state index contributed by atoms with van der Waals surface area (Å²) in [5, 5.41) is 6.23. The summed E-state index contributed by atoms with van der Waals surface area (Å²) in [5.74, 6) is 0.761. The summed E-state index contributed by atoms with van der Waals surface area (Å²) in [6.07, 6.45) is 3.56. The van der Waals surface area contributed by atoms with Gasteiger partial charge in [-0.15, -0.1) is 0 Å². The van der Waals surface area contributed by atoms with Gasteiger partial charge >= 0.3 is 6.09 Å². The fourth-order valence-electron chi connectivity index (χ4n) is 2.18. The number of amides is 1. The van der Waals surface area contributed by atoms with Crippen LogP contribution in [0.3, 0.4) is 0 Å². The number of ether oxygens (including phenoxy) is 1. The quantitative estimate of drug-likeness (QED) is 0.744. The van der Waals surface area contributed by atoms with E-state index in [0.29, 0.717) is 12.6 Å². The van der Waals surface area contributed by atoms with Crippen LogP contribution in [-0.4, -0.2) is 30.8 Å². The molecule has 1 rings (SSSR count). The molecule has 1 fully saturated rings. The molecule has 1 aliphatic carbocycles. The van der Waals surface area contributed by atoms with Crippen LogP contribution in [0.1, 0.15) is 47.0 Å². The first-order chi connectivity index (χ1) is 7.88. The van der Waals surface area contributed by atoms with Gasteiger partial charge in [0.25, 0.3) is 0 Å². The fourth-order valence-corrected chi connectivity index (χ4v) is 2.18. The van der Waals surface area contributed by atoms with E-state index in [1.807, 2.05) is 20.8 Å². The first kappa shape index (κ1) is 14.3. The fraction of sp³-hybridized carbons (Fsp3) is 0.923. The molecule has 100 valence electrons. The van der Waals surface area contributed by atoms with Crippen LogP contribution in [0.5, 0.6) is 0 Å². The molecular weight excluding hydrogens is 216 g/mol. The third-order valence-corrected chi connectivity index (χ3v) is 3.06. The maximum absolute atomic E-state index is 11.4. The van der Waals surface area contributed by atoms with E-state index in [0.717, 1.165) is 12.5 Å². The lowest BCUT2D eigenvalue weighted by Gasteiger charge is -2.20. The molecule has 2 N–H and O–H groups in total. The van der Waals surface area contributed by atoms with Crippen LogP contribution in [0.2, 0.25) is 0 Å². The molecule has 0 bridgehead atoms. The largest absolute Gasteiger partial charge is 0.444 e. The summed E-state index contributed by atoms with van der Waals surface area (Å²) in [7, 11) is 0. The zero-order valence-electron chi connectivity index (χ0n) is 11.5. The van der Waals surface area contributed by atoms with Gasteiger partial charge < -0.3 is 15.4 Å². The number of nitrogens with one attached hydrogen (secondary N) is 2. The van der Waals surface area contributed by atoms with Crippen molar-refractivity contribution in [1.82, 2.24) is 10.6 Å². The first-order valence-electron chi connectivity index (χ1n) is 6.59. The Bertz CT molecular complexity index is 248. The van der Waals surface area contributed by atoms with Gasteiger partial charge in [-0.3, -0.25) is 0 Å². The molecule has 0 aromatic rings. The summed E-state index contributed by atoms with van der Waals surface area (Å²) in [5.41, 5.74) is -0.419. The second kappa shape index (κ2) is 6.24. The normalized spacial score (nSPS) is 24.7. The molecule has 1 aliphatic rings. The van der Waals surface area contributed by atoms with Gasteiger partial charge in [0.05, 0.1) is 0 Å². The topological polar surface area (TPSA) is 50.4 Å². The second-order valence-electron chi connectivity index (χ2n) is 5.90. The smallest absolute Gasteiger partial charge is 0.407 e. The highest BCUT2D eigenvalue weighted by molar-refractivity contribution is 5.67. The molecule has 17 heavy (non-hydrogen) atoms. The Kier molecular flexibility index (Phi) is 5.25. The van der Waals surface area contributed by atoms with E-state index >= 15 is 0 Å². The molecule has 0 heterocycles. The number of alkyl carbamates (subject to hydrolysis) is 1. The number of carbonyl (C=O) groups excluding carboxylic acids is 1. The van der Waals surface area contributed by atoms with Crippen molar-refractivity contribution < 1.29 is 9.53 Å². The zero-order chi connectivity index (χ0) is 12.9. The van der Waals surface area contributed by atoms with Crippen molar-refractivity contribution in [2.75, 3.05) is 13.1 Å². The Morgan fingerprint density at radius 1 is 1.29 bits per heavy atom. The van der Waals surface area contributed by atoms with Gasteiger partial charge in [-0.05, 0) is 39.5 Å². The predicted molar refractivity (Wildman–Crippen MR) is 69.0 cm³/mol. The van der Waals surface area contributed by atoms with Gasteiger partial charge in [0, 0.05) is 19.1 Å². The summed E-state index contributed by atoms with van der Waals surface area (Å²) in [6.45, 7) is 9.32. The van der Waals surface area contributed by atoms with Crippen LogP contribution in [0.15, 0.2) is 0 Å². The Morgan fingerprint density at radius 3 is 2.53 bits per heavy atom. The van der Waals surface area contributed by atoms with Crippen molar-refractivity contribution in [3.8, 4) is 0 Å². The number of carbonyl (C=O) groups is 1. The third kappa shape index (κ3) is 5.91. The van der Waals surface area contributed by atoms with E-state index in [2.05, 4.69) is 17.6 Å². The van der Waals surface area contributed by atoms with Gasteiger partial charge in [-0.1, -0.05) is 13.3 Å². The highest BCUT2D eigenvalue weighted by Crippen LogP contribution is 2.24. The summed E-state index contributed by atoms with van der Waals surface area (Å²) in [4.78, 5) is 11.4. The maximum atomic E-state index is 11.4. The molecule has 0 aromatic carbocycles. The number of hydrogen-bond acceptors (Lipinski definition) is 3. The van der Waals surface area contributed by atoms with Gasteiger partial charge in [-0.25, -0.2) is 4.79 Å². The molecule has 4 nitrogen and oxygen atoms in total. The van der Waals surface area contributed by atoms with E-state index in [-0.39, 0.29) is 6.09 Å². The van der Waals surface area contributed by atoms with Crippen LogP contribution in [0.4, 0.5) is 4.79 Å². The first-order valence-corrected chi connectivity index (χ1v) is 6.59. The lowest BCUT2D eigenvalue weighted by Crippen LogP contribution is -2.40. The molecular formula is C13H26N2O2. The lowest BCUT2D eigenvalue weighted by molar-refractivity contribution is 0.0528. The van der Waals surface area contributed by atoms with Crippen LogP contribution >= 0.6 is 0 Å². The monoisotopic (exact) mass is 242 g/mol.